The highest BCUT2D eigenvalue weighted by Crippen LogP contribution is 2.30. The largest absolute Gasteiger partial charge is 0.481 e. The summed E-state index contributed by atoms with van der Waals surface area (Å²) in [5, 5.41) is 18.9. The van der Waals surface area contributed by atoms with E-state index >= 15 is 0 Å². The number of ether oxygens (including phenoxy) is 1. The maximum Gasteiger partial charge on any atom is 0.341 e. The number of rotatable bonds is 5. The van der Waals surface area contributed by atoms with Crippen molar-refractivity contribution in [3.8, 4) is 11.8 Å². The van der Waals surface area contributed by atoms with Crippen LogP contribution in [-0.2, 0) is 4.79 Å². The summed E-state index contributed by atoms with van der Waals surface area (Å²) in [5.74, 6) is -0.710. The van der Waals surface area contributed by atoms with Crippen molar-refractivity contribution in [2.75, 3.05) is 6.61 Å². The van der Waals surface area contributed by atoms with Gasteiger partial charge in [0.1, 0.15) is 5.75 Å². The van der Waals surface area contributed by atoms with Crippen molar-refractivity contribution in [2.24, 2.45) is 0 Å². The van der Waals surface area contributed by atoms with Crippen LogP contribution in [0.1, 0.15) is 11.1 Å². The summed E-state index contributed by atoms with van der Waals surface area (Å²) >= 11 is 12.0. The number of benzene rings is 2. The Balaban J connectivity index is 2.42. The molecule has 0 unspecified atom stereocenters. The van der Waals surface area contributed by atoms with E-state index in [9.17, 15) is 10.1 Å². The first kappa shape index (κ1) is 16.9. The maximum atomic E-state index is 10.6. The van der Waals surface area contributed by atoms with Crippen molar-refractivity contribution in [2.45, 2.75) is 0 Å². The van der Waals surface area contributed by atoms with Crippen molar-refractivity contribution in [3.63, 3.8) is 0 Å². The van der Waals surface area contributed by atoms with Gasteiger partial charge in [-0.2, -0.15) is 5.26 Å². The topological polar surface area (TPSA) is 70.3 Å². The molecule has 2 aromatic rings. The molecule has 0 radical (unpaired) electrons. The Bertz CT molecular complexity index is 810. The summed E-state index contributed by atoms with van der Waals surface area (Å²) < 4.78 is 5.22. The molecular weight excluding hydrogens is 337 g/mol. The van der Waals surface area contributed by atoms with E-state index in [1.807, 2.05) is 0 Å². The minimum atomic E-state index is -1.08. The van der Waals surface area contributed by atoms with E-state index in [-0.39, 0.29) is 0 Å². The highest BCUT2D eigenvalue weighted by atomic mass is 35.5. The third kappa shape index (κ3) is 4.49. The smallest absolute Gasteiger partial charge is 0.341 e. The van der Waals surface area contributed by atoms with Crippen LogP contribution in [0.3, 0.4) is 0 Å². The van der Waals surface area contributed by atoms with E-state index < -0.39 is 12.6 Å². The summed E-state index contributed by atoms with van der Waals surface area (Å²) in [6.45, 7) is -0.464. The van der Waals surface area contributed by atoms with Crippen molar-refractivity contribution < 1.29 is 14.6 Å². The first-order valence-corrected chi connectivity index (χ1v) is 7.27. The van der Waals surface area contributed by atoms with Crippen LogP contribution in [0, 0.1) is 11.3 Å². The number of carbonyl (C=O) groups is 1. The third-order valence-electron chi connectivity index (χ3n) is 2.91. The van der Waals surface area contributed by atoms with Crippen LogP contribution in [-0.4, -0.2) is 17.7 Å². The van der Waals surface area contributed by atoms with Gasteiger partial charge in [-0.05, 0) is 24.3 Å². The second kappa shape index (κ2) is 7.68. The zero-order valence-corrected chi connectivity index (χ0v) is 13.3. The van der Waals surface area contributed by atoms with Crippen LogP contribution >= 0.6 is 23.2 Å². The van der Waals surface area contributed by atoms with Crippen LogP contribution < -0.4 is 4.74 Å². The molecule has 6 heteroatoms. The number of halogens is 2. The van der Waals surface area contributed by atoms with Gasteiger partial charge in [0.25, 0.3) is 0 Å². The van der Waals surface area contributed by atoms with Gasteiger partial charge < -0.3 is 9.84 Å². The van der Waals surface area contributed by atoms with Gasteiger partial charge in [-0.25, -0.2) is 4.79 Å². The molecule has 1 N–H and O–H groups in total. The van der Waals surface area contributed by atoms with Crippen molar-refractivity contribution in [1.82, 2.24) is 0 Å². The zero-order chi connectivity index (χ0) is 16.8. The average Bonchev–Trinajstić information content (AvgIpc) is 2.52. The predicted molar refractivity (Wildman–Crippen MR) is 89.5 cm³/mol. The third-order valence-corrected chi connectivity index (χ3v) is 3.46. The molecule has 0 aliphatic carbocycles. The lowest BCUT2D eigenvalue weighted by Crippen LogP contribution is -2.09. The standard InChI is InChI=1S/C17H11Cl2NO3/c18-13-5-6-14(15(19)8-13)12(9-20)7-11-3-1-2-4-16(11)23-10-17(21)22/h1-8H,10H2,(H,21,22)/b12-7+. The SMILES string of the molecule is N#C/C(=C\c1ccccc1OCC(=O)O)c1ccc(Cl)cc1Cl. The Morgan fingerprint density at radius 2 is 2.00 bits per heavy atom. The van der Waals surface area contributed by atoms with Gasteiger partial charge in [0.05, 0.1) is 16.7 Å². The Morgan fingerprint density at radius 3 is 2.65 bits per heavy atom. The fourth-order valence-electron chi connectivity index (χ4n) is 1.90. The van der Waals surface area contributed by atoms with Gasteiger partial charge in [0.15, 0.2) is 6.61 Å². The molecule has 23 heavy (non-hydrogen) atoms. The van der Waals surface area contributed by atoms with Crippen LogP contribution in [0.25, 0.3) is 11.6 Å². The molecule has 0 spiro atoms. The second-order valence-electron chi connectivity index (χ2n) is 4.51. The normalized spacial score (nSPS) is 10.9. The minimum Gasteiger partial charge on any atom is -0.481 e. The zero-order valence-electron chi connectivity index (χ0n) is 11.8. The Labute approximate surface area is 143 Å². The Kier molecular flexibility index (Phi) is 5.64. The number of carboxylic acids is 1. The van der Waals surface area contributed by atoms with Crippen molar-refractivity contribution in [1.29, 1.82) is 5.26 Å². The Morgan fingerprint density at radius 1 is 1.26 bits per heavy atom. The molecule has 2 aromatic carbocycles. The molecule has 116 valence electrons. The highest BCUT2D eigenvalue weighted by Gasteiger charge is 2.09. The highest BCUT2D eigenvalue weighted by molar-refractivity contribution is 6.36. The van der Waals surface area contributed by atoms with Crippen LogP contribution in [0.4, 0.5) is 0 Å². The van der Waals surface area contributed by atoms with Gasteiger partial charge in [0.2, 0.25) is 0 Å². The molecule has 0 bridgehead atoms. The molecule has 0 aromatic heterocycles. The summed E-state index contributed by atoms with van der Waals surface area (Å²) in [6, 6.07) is 13.8. The molecular formula is C17H11Cl2NO3. The number of aliphatic carboxylic acids is 1. The molecule has 0 fully saturated rings. The first-order chi connectivity index (χ1) is 11.0. The molecule has 0 aliphatic heterocycles. The number of allylic oxidation sites excluding steroid dienone is 1. The van der Waals surface area contributed by atoms with Gasteiger partial charge in [-0.15, -0.1) is 0 Å². The summed E-state index contributed by atoms with van der Waals surface area (Å²) in [6.07, 6.45) is 1.59. The average molecular weight is 348 g/mol. The fraction of sp³-hybridized carbons (Fsp3) is 0.0588. The summed E-state index contributed by atoms with van der Waals surface area (Å²) in [7, 11) is 0. The summed E-state index contributed by atoms with van der Waals surface area (Å²) in [4.78, 5) is 10.6. The van der Waals surface area contributed by atoms with Crippen molar-refractivity contribution in [3.05, 3.63) is 63.6 Å². The van der Waals surface area contributed by atoms with Gasteiger partial charge in [0, 0.05) is 16.1 Å². The van der Waals surface area contributed by atoms with E-state index in [1.165, 1.54) is 0 Å². The number of carboxylic acid groups (broad SMARTS) is 1. The molecule has 2 rings (SSSR count). The molecule has 0 aliphatic rings. The maximum absolute atomic E-state index is 10.6. The van der Waals surface area contributed by atoms with Crippen LogP contribution in [0.5, 0.6) is 5.75 Å². The molecule has 0 amide bonds. The second-order valence-corrected chi connectivity index (χ2v) is 5.36. The predicted octanol–water partition coefficient (Wildman–Crippen LogP) is 4.52. The van der Waals surface area contributed by atoms with E-state index in [0.29, 0.717) is 32.5 Å². The Hall–Kier alpha value is -2.48. The minimum absolute atomic E-state index is 0.318. The van der Waals surface area contributed by atoms with E-state index in [1.54, 1.807) is 48.5 Å². The number of hydrogen-bond acceptors (Lipinski definition) is 3. The number of hydrogen-bond donors (Lipinski definition) is 1. The molecule has 0 atom stereocenters. The van der Waals surface area contributed by atoms with E-state index in [0.717, 1.165) is 0 Å². The quantitative estimate of drug-likeness (QED) is 0.637. The number of para-hydroxylation sites is 1. The fourth-order valence-corrected chi connectivity index (χ4v) is 2.41. The number of nitrogens with zero attached hydrogens (tertiary/aromatic N) is 1. The molecule has 0 saturated carbocycles. The van der Waals surface area contributed by atoms with E-state index in [4.69, 9.17) is 33.0 Å². The van der Waals surface area contributed by atoms with Gasteiger partial charge >= 0.3 is 5.97 Å². The molecule has 0 saturated heterocycles. The van der Waals surface area contributed by atoms with Crippen LogP contribution in [0.15, 0.2) is 42.5 Å². The summed E-state index contributed by atoms with van der Waals surface area (Å²) in [5.41, 5.74) is 1.43. The lowest BCUT2D eigenvalue weighted by atomic mass is 10.0. The first-order valence-electron chi connectivity index (χ1n) is 6.52. The van der Waals surface area contributed by atoms with E-state index in [2.05, 4.69) is 6.07 Å². The lowest BCUT2D eigenvalue weighted by molar-refractivity contribution is -0.139. The van der Waals surface area contributed by atoms with Crippen LogP contribution in [0.2, 0.25) is 10.0 Å². The van der Waals surface area contributed by atoms with Gasteiger partial charge in [-0.1, -0.05) is 47.5 Å². The van der Waals surface area contributed by atoms with Crippen molar-refractivity contribution >= 4 is 40.8 Å². The van der Waals surface area contributed by atoms with Gasteiger partial charge in [-0.3, -0.25) is 0 Å². The molecule has 4 nitrogen and oxygen atoms in total. The number of nitriles is 1. The lowest BCUT2D eigenvalue weighted by Gasteiger charge is -2.08. The monoisotopic (exact) mass is 347 g/mol. The molecule has 0 heterocycles.